The first-order valence-corrected chi connectivity index (χ1v) is 15.2. The van der Waals surface area contributed by atoms with Crippen molar-refractivity contribution in [3.63, 3.8) is 0 Å². The number of benzene rings is 2. The molecule has 1 aliphatic rings. The highest BCUT2D eigenvalue weighted by atomic mass is 19.4. The first-order valence-electron chi connectivity index (χ1n) is 15.2. The molecule has 5 aromatic rings. The summed E-state index contributed by atoms with van der Waals surface area (Å²) in [6.45, 7) is -1.35. The van der Waals surface area contributed by atoms with Gasteiger partial charge in [0.25, 0.3) is 11.5 Å². The van der Waals surface area contributed by atoms with E-state index in [1.165, 1.54) is 13.2 Å². The molecule has 1 saturated heterocycles. The quantitative estimate of drug-likeness (QED) is 0.212. The Kier molecular flexibility index (Phi) is 9.18. The SMILES string of the molecule is Cn1c(=O)c(-c2ccc(C[C@H](NC(=O)c3c(F)cc(N4CCOC[C@H]4C(F)(F)F)cc3F)C(=O)O)n3ccnc23)c(C(F)(F)F)c2cc(F)ccc21. The Bertz CT molecular complexity index is 2280. The Morgan fingerprint density at radius 3 is 2.37 bits per heavy atom. The number of ether oxygens (including phenoxy) is 1. The van der Waals surface area contributed by atoms with Gasteiger partial charge in [0.2, 0.25) is 0 Å². The molecule has 2 N–H and O–H groups in total. The average Bonchev–Trinajstić information content (AvgIpc) is 3.55. The van der Waals surface area contributed by atoms with Gasteiger partial charge in [-0.25, -0.2) is 22.9 Å². The van der Waals surface area contributed by atoms with Crippen LogP contribution in [-0.4, -0.2) is 69.0 Å². The van der Waals surface area contributed by atoms with Crippen LogP contribution in [0.5, 0.6) is 0 Å². The van der Waals surface area contributed by atoms with Crippen molar-refractivity contribution in [1.82, 2.24) is 19.3 Å². The monoisotopic (exact) mass is 741 g/mol. The summed E-state index contributed by atoms with van der Waals surface area (Å²) in [4.78, 5) is 43.4. The molecule has 0 radical (unpaired) electrons. The number of nitrogens with one attached hydrogen (secondary N) is 1. The summed E-state index contributed by atoms with van der Waals surface area (Å²) in [7, 11) is 1.20. The average molecular weight is 742 g/mol. The number of imidazole rings is 1. The molecule has 3 aromatic heterocycles. The van der Waals surface area contributed by atoms with Crippen molar-refractivity contribution in [1.29, 1.82) is 0 Å². The number of pyridine rings is 2. The summed E-state index contributed by atoms with van der Waals surface area (Å²) in [6.07, 6.45) is -8.24. The van der Waals surface area contributed by atoms with Gasteiger partial charge in [0, 0.05) is 54.7 Å². The largest absolute Gasteiger partial charge is 0.480 e. The highest BCUT2D eigenvalue weighted by Crippen LogP contribution is 2.41. The zero-order valence-electron chi connectivity index (χ0n) is 26.5. The number of hydrogen-bond acceptors (Lipinski definition) is 6. The molecule has 0 bridgehead atoms. The number of aromatic nitrogens is 3. The highest BCUT2D eigenvalue weighted by molar-refractivity contribution is 5.97. The number of hydrogen-bond donors (Lipinski definition) is 2. The molecule has 1 fully saturated rings. The molecular formula is C33H24F9N5O5. The number of fused-ring (bicyclic) bond motifs is 2. The molecule has 52 heavy (non-hydrogen) atoms. The molecule has 0 spiro atoms. The van der Waals surface area contributed by atoms with E-state index in [4.69, 9.17) is 4.74 Å². The molecule has 0 aliphatic carbocycles. The lowest BCUT2D eigenvalue weighted by Gasteiger charge is -2.38. The molecule has 19 heteroatoms. The van der Waals surface area contributed by atoms with Gasteiger partial charge in [0.15, 0.2) is 0 Å². The topological polar surface area (TPSA) is 118 Å². The van der Waals surface area contributed by atoms with Gasteiger partial charge in [-0.05, 0) is 42.5 Å². The van der Waals surface area contributed by atoms with E-state index < -0.39 is 100 Å². The summed E-state index contributed by atoms with van der Waals surface area (Å²) in [6, 6.07) is 1.64. The summed E-state index contributed by atoms with van der Waals surface area (Å²) in [5.41, 5.74) is -6.01. The van der Waals surface area contributed by atoms with Crippen LogP contribution < -0.4 is 15.8 Å². The van der Waals surface area contributed by atoms with Gasteiger partial charge >= 0.3 is 18.3 Å². The molecule has 2 aromatic carbocycles. The highest BCUT2D eigenvalue weighted by Gasteiger charge is 2.46. The number of alkyl halides is 6. The molecular weight excluding hydrogens is 717 g/mol. The maximum atomic E-state index is 15.2. The van der Waals surface area contributed by atoms with E-state index in [2.05, 4.69) is 4.98 Å². The van der Waals surface area contributed by atoms with E-state index in [1.54, 1.807) is 0 Å². The van der Waals surface area contributed by atoms with Crippen LogP contribution in [0.15, 0.2) is 59.7 Å². The second-order valence-corrected chi connectivity index (χ2v) is 11.8. The second-order valence-electron chi connectivity index (χ2n) is 11.8. The Morgan fingerprint density at radius 1 is 1.04 bits per heavy atom. The third kappa shape index (κ3) is 6.51. The van der Waals surface area contributed by atoms with Gasteiger partial charge in [-0.1, -0.05) is 0 Å². The van der Waals surface area contributed by atoms with Crippen LogP contribution in [0, 0.1) is 17.5 Å². The van der Waals surface area contributed by atoms with Gasteiger partial charge in [-0.2, -0.15) is 26.3 Å². The van der Waals surface area contributed by atoms with Crippen LogP contribution in [-0.2, 0) is 29.2 Å². The minimum Gasteiger partial charge on any atom is -0.480 e. The van der Waals surface area contributed by atoms with Crippen molar-refractivity contribution >= 4 is 34.1 Å². The van der Waals surface area contributed by atoms with E-state index >= 15 is 8.78 Å². The van der Waals surface area contributed by atoms with E-state index in [0.29, 0.717) is 23.1 Å². The lowest BCUT2D eigenvalue weighted by Crippen LogP contribution is -2.53. The van der Waals surface area contributed by atoms with Crippen LogP contribution >= 0.6 is 0 Å². The molecule has 10 nitrogen and oxygen atoms in total. The molecule has 0 unspecified atom stereocenters. The fourth-order valence-corrected chi connectivity index (χ4v) is 6.26. The molecule has 4 heterocycles. The van der Waals surface area contributed by atoms with Crippen molar-refractivity contribution in [2.45, 2.75) is 30.9 Å². The minimum atomic E-state index is -5.15. The maximum absolute atomic E-state index is 15.2. The molecule has 1 amide bonds. The van der Waals surface area contributed by atoms with E-state index in [0.717, 1.165) is 39.4 Å². The molecule has 274 valence electrons. The zero-order valence-corrected chi connectivity index (χ0v) is 26.5. The lowest BCUT2D eigenvalue weighted by molar-refractivity contribution is -0.167. The Morgan fingerprint density at radius 2 is 1.73 bits per heavy atom. The standard InChI is InChI=1S/C33H24F9N5O5/c1-45-23-5-2-15(34)10-19(23)27(33(40,41)42)25(30(45)49)18-4-3-16(47-7-6-43-28(18)47)13-22(31(50)51)44-29(48)26-20(35)11-17(12-21(26)36)46-8-9-52-14-24(46)32(37,38)39/h2-7,10-12,22,24H,8-9,13-14H2,1H3,(H,44,48)(H,50,51)/t22-,24-/m0/s1. The number of carbonyl (C=O) groups excluding carboxylic acids is 1. The number of amides is 1. The predicted molar refractivity (Wildman–Crippen MR) is 165 cm³/mol. The number of anilines is 1. The number of carbonyl (C=O) groups is 2. The van der Waals surface area contributed by atoms with Gasteiger partial charge in [-0.3, -0.25) is 9.59 Å². The fraction of sp³-hybridized carbons (Fsp3) is 0.273. The maximum Gasteiger partial charge on any atom is 0.417 e. The van der Waals surface area contributed by atoms with Crippen LogP contribution in [0.3, 0.4) is 0 Å². The summed E-state index contributed by atoms with van der Waals surface area (Å²) in [5.74, 6) is -7.42. The van der Waals surface area contributed by atoms with Gasteiger partial charge in [-0.15, -0.1) is 0 Å². The van der Waals surface area contributed by atoms with Crippen molar-refractivity contribution in [3.05, 3.63) is 99.5 Å². The van der Waals surface area contributed by atoms with Crippen LogP contribution in [0.1, 0.15) is 21.6 Å². The van der Waals surface area contributed by atoms with Crippen LogP contribution in [0.4, 0.5) is 45.2 Å². The van der Waals surface area contributed by atoms with Crippen molar-refractivity contribution < 1.29 is 58.9 Å². The predicted octanol–water partition coefficient (Wildman–Crippen LogP) is 5.48. The number of carboxylic acids is 1. The fourth-order valence-electron chi connectivity index (χ4n) is 6.26. The molecule has 0 saturated carbocycles. The number of rotatable bonds is 7. The Labute approximate surface area is 285 Å². The van der Waals surface area contributed by atoms with E-state index in [-0.39, 0.29) is 35.6 Å². The van der Waals surface area contributed by atoms with Crippen LogP contribution in [0.25, 0.3) is 27.7 Å². The Balaban J connectivity index is 1.34. The minimum absolute atomic E-state index is 0.00275. The second kappa shape index (κ2) is 13.2. The first-order chi connectivity index (χ1) is 24.4. The Hall–Kier alpha value is -5.59. The molecule has 2 atom stereocenters. The van der Waals surface area contributed by atoms with Crippen molar-refractivity contribution in [2.24, 2.45) is 7.05 Å². The third-order valence-electron chi connectivity index (χ3n) is 8.65. The van der Waals surface area contributed by atoms with Gasteiger partial charge in [0.1, 0.15) is 40.7 Å². The summed E-state index contributed by atoms with van der Waals surface area (Å²) < 4.78 is 136. The number of nitrogens with zero attached hydrogens (tertiary/aromatic N) is 4. The number of carboxylic acid groups (broad SMARTS) is 1. The van der Waals surface area contributed by atoms with E-state index in [1.807, 2.05) is 5.32 Å². The van der Waals surface area contributed by atoms with Gasteiger partial charge in [0.05, 0.1) is 29.9 Å². The first kappa shape index (κ1) is 36.2. The van der Waals surface area contributed by atoms with Crippen LogP contribution in [0.2, 0.25) is 0 Å². The number of morpholine rings is 1. The summed E-state index contributed by atoms with van der Waals surface area (Å²) in [5, 5.41) is 11.3. The number of aryl methyl sites for hydroxylation is 1. The number of halogens is 9. The molecule has 1 aliphatic heterocycles. The van der Waals surface area contributed by atoms with Crippen molar-refractivity contribution in [3.8, 4) is 11.1 Å². The molecule has 6 rings (SSSR count). The third-order valence-corrected chi connectivity index (χ3v) is 8.65. The van der Waals surface area contributed by atoms with Crippen molar-refractivity contribution in [2.75, 3.05) is 24.7 Å². The lowest BCUT2D eigenvalue weighted by atomic mass is 9.96. The van der Waals surface area contributed by atoms with Gasteiger partial charge < -0.3 is 29.0 Å². The number of aliphatic carboxylic acids is 1. The summed E-state index contributed by atoms with van der Waals surface area (Å²) >= 11 is 0. The van der Waals surface area contributed by atoms with E-state index in [9.17, 15) is 50.2 Å². The normalized spacial score (nSPS) is 16.0. The zero-order chi connectivity index (χ0) is 37.9. The smallest absolute Gasteiger partial charge is 0.417 e.